The fraction of sp³-hybridized carbons (Fsp3) is 0.467. The van der Waals surface area contributed by atoms with E-state index >= 15 is 0 Å². The summed E-state index contributed by atoms with van der Waals surface area (Å²) in [6.07, 6.45) is 2.41. The Morgan fingerprint density at radius 3 is 2.89 bits per heavy atom. The van der Waals surface area contributed by atoms with Crippen molar-refractivity contribution in [1.29, 1.82) is 0 Å². The summed E-state index contributed by atoms with van der Waals surface area (Å²) in [4.78, 5) is 11.4. The summed E-state index contributed by atoms with van der Waals surface area (Å²) in [5, 5.41) is 1.16. The number of likely N-dealkylation sites (tertiary alicyclic amines) is 1. The summed E-state index contributed by atoms with van der Waals surface area (Å²) < 4.78 is 5.24. The van der Waals surface area contributed by atoms with Gasteiger partial charge >= 0.3 is 6.01 Å². The maximum atomic E-state index is 5.24. The number of fused-ring (bicyclic) bond motifs is 1. The van der Waals surface area contributed by atoms with E-state index in [2.05, 4.69) is 28.0 Å². The van der Waals surface area contributed by atoms with Crippen molar-refractivity contribution in [2.75, 3.05) is 27.2 Å². The van der Waals surface area contributed by atoms with Gasteiger partial charge in [0.2, 0.25) is 0 Å². The molecule has 1 aliphatic rings. The Balaban J connectivity index is 2.10. The molecule has 0 radical (unpaired) electrons. The Morgan fingerprint density at radius 2 is 2.11 bits per heavy atom. The van der Waals surface area contributed by atoms with E-state index in [1.165, 1.54) is 19.4 Å². The van der Waals surface area contributed by atoms with Gasteiger partial charge in [0.1, 0.15) is 0 Å². The van der Waals surface area contributed by atoms with Crippen molar-refractivity contribution in [2.45, 2.75) is 18.8 Å². The number of piperidine rings is 1. The van der Waals surface area contributed by atoms with E-state index in [0.717, 1.165) is 23.1 Å². The summed E-state index contributed by atoms with van der Waals surface area (Å²) in [6, 6.07) is 8.66. The molecule has 4 heteroatoms. The average molecular weight is 257 g/mol. The smallest absolute Gasteiger partial charge is 0.316 e. The van der Waals surface area contributed by atoms with E-state index in [9.17, 15) is 0 Å². The Labute approximate surface area is 113 Å². The fourth-order valence-electron chi connectivity index (χ4n) is 2.87. The molecule has 2 aromatic rings. The number of hydrogen-bond acceptors (Lipinski definition) is 4. The van der Waals surface area contributed by atoms with Crippen LogP contribution in [0.25, 0.3) is 10.9 Å². The van der Waals surface area contributed by atoms with Gasteiger partial charge < -0.3 is 9.64 Å². The molecule has 19 heavy (non-hydrogen) atoms. The third-order valence-electron chi connectivity index (χ3n) is 3.81. The van der Waals surface area contributed by atoms with E-state index in [-0.39, 0.29) is 0 Å². The van der Waals surface area contributed by atoms with Gasteiger partial charge in [-0.3, -0.25) is 0 Å². The number of methoxy groups -OCH3 is 1. The Bertz CT molecular complexity index is 585. The minimum atomic E-state index is 0.473. The zero-order valence-corrected chi connectivity index (χ0v) is 11.5. The SMILES string of the molecule is COc1nc(C2CCCN(C)C2)c2ccccc2n1. The average Bonchev–Trinajstić information content (AvgIpc) is 2.46. The second-order valence-electron chi connectivity index (χ2n) is 5.21. The summed E-state index contributed by atoms with van der Waals surface area (Å²) >= 11 is 0. The fourth-order valence-corrected chi connectivity index (χ4v) is 2.87. The molecule has 2 heterocycles. The van der Waals surface area contributed by atoms with Crippen molar-refractivity contribution >= 4 is 10.9 Å². The van der Waals surface area contributed by atoms with Crippen LogP contribution in [-0.2, 0) is 0 Å². The lowest BCUT2D eigenvalue weighted by Gasteiger charge is -2.29. The molecule has 0 N–H and O–H groups in total. The normalized spacial score (nSPS) is 20.6. The highest BCUT2D eigenvalue weighted by molar-refractivity contribution is 5.81. The zero-order chi connectivity index (χ0) is 13.2. The number of hydrogen-bond donors (Lipinski definition) is 0. The predicted octanol–water partition coefficient (Wildman–Crippen LogP) is 2.45. The number of likely N-dealkylation sites (N-methyl/N-ethyl adjacent to an activating group) is 1. The number of nitrogens with zero attached hydrogens (tertiary/aromatic N) is 3. The van der Waals surface area contributed by atoms with Crippen LogP contribution in [0.3, 0.4) is 0 Å². The summed E-state index contributed by atoms with van der Waals surface area (Å²) in [7, 11) is 3.80. The molecule has 1 aliphatic heterocycles. The van der Waals surface area contributed by atoms with Crippen molar-refractivity contribution in [3.05, 3.63) is 30.0 Å². The summed E-state index contributed by atoms with van der Waals surface area (Å²) in [6.45, 7) is 2.24. The largest absolute Gasteiger partial charge is 0.467 e. The molecule has 100 valence electrons. The van der Waals surface area contributed by atoms with Crippen LogP contribution in [0.15, 0.2) is 24.3 Å². The lowest BCUT2D eigenvalue weighted by atomic mass is 9.92. The Kier molecular flexibility index (Phi) is 3.34. The zero-order valence-electron chi connectivity index (χ0n) is 11.5. The van der Waals surface area contributed by atoms with Crippen LogP contribution in [0, 0.1) is 0 Å². The van der Waals surface area contributed by atoms with E-state index < -0.39 is 0 Å². The van der Waals surface area contributed by atoms with Crippen LogP contribution in [-0.4, -0.2) is 42.1 Å². The highest BCUT2D eigenvalue weighted by atomic mass is 16.5. The molecule has 1 saturated heterocycles. The van der Waals surface area contributed by atoms with Crippen molar-refractivity contribution in [2.24, 2.45) is 0 Å². The van der Waals surface area contributed by atoms with Gasteiger partial charge in [0.25, 0.3) is 0 Å². The molecule has 0 bridgehead atoms. The Hall–Kier alpha value is -1.68. The molecule has 1 aromatic carbocycles. The van der Waals surface area contributed by atoms with Crippen LogP contribution >= 0.6 is 0 Å². The molecular weight excluding hydrogens is 238 g/mol. The van der Waals surface area contributed by atoms with Gasteiger partial charge in [-0.15, -0.1) is 0 Å². The second-order valence-corrected chi connectivity index (χ2v) is 5.21. The van der Waals surface area contributed by atoms with Gasteiger partial charge in [0.05, 0.1) is 18.3 Å². The van der Waals surface area contributed by atoms with Crippen molar-refractivity contribution in [1.82, 2.24) is 14.9 Å². The maximum absolute atomic E-state index is 5.24. The molecule has 0 spiro atoms. The monoisotopic (exact) mass is 257 g/mol. The van der Waals surface area contributed by atoms with Gasteiger partial charge in [-0.25, -0.2) is 0 Å². The highest BCUT2D eigenvalue weighted by Crippen LogP contribution is 2.30. The van der Waals surface area contributed by atoms with Gasteiger partial charge in [-0.1, -0.05) is 18.2 Å². The first-order valence-corrected chi connectivity index (χ1v) is 6.77. The number of ether oxygens (including phenoxy) is 1. The molecule has 1 atom stereocenters. The molecule has 3 rings (SSSR count). The van der Waals surface area contributed by atoms with Crippen molar-refractivity contribution in [3.8, 4) is 6.01 Å². The van der Waals surface area contributed by atoms with E-state index in [0.29, 0.717) is 11.9 Å². The maximum Gasteiger partial charge on any atom is 0.316 e. The Morgan fingerprint density at radius 1 is 1.26 bits per heavy atom. The standard InChI is InChI=1S/C15H19N3O/c1-18-9-5-6-11(10-18)14-12-7-3-4-8-13(12)16-15(17-14)19-2/h3-4,7-8,11H,5-6,9-10H2,1-2H3. The third kappa shape index (κ3) is 2.40. The van der Waals surface area contributed by atoms with Gasteiger partial charge in [-0.05, 0) is 32.5 Å². The molecule has 1 aromatic heterocycles. The molecular formula is C15H19N3O. The second kappa shape index (κ2) is 5.13. The number of benzene rings is 1. The lowest BCUT2D eigenvalue weighted by molar-refractivity contribution is 0.248. The quantitative estimate of drug-likeness (QED) is 0.828. The number of rotatable bonds is 2. The topological polar surface area (TPSA) is 38.2 Å². The molecule has 0 amide bonds. The number of para-hydroxylation sites is 1. The van der Waals surface area contributed by atoms with Crippen molar-refractivity contribution in [3.63, 3.8) is 0 Å². The molecule has 0 saturated carbocycles. The van der Waals surface area contributed by atoms with E-state index in [1.807, 2.05) is 18.2 Å². The van der Waals surface area contributed by atoms with Crippen LogP contribution in [0.2, 0.25) is 0 Å². The minimum Gasteiger partial charge on any atom is -0.467 e. The minimum absolute atomic E-state index is 0.473. The van der Waals surface area contributed by atoms with Crippen LogP contribution in [0.1, 0.15) is 24.5 Å². The summed E-state index contributed by atoms with van der Waals surface area (Å²) in [5.74, 6) is 0.473. The van der Waals surface area contributed by atoms with Crippen LogP contribution in [0.4, 0.5) is 0 Å². The van der Waals surface area contributed by atoms with E-state index in [1.54, 1.807) is 7.11 Å². The van der Waals surface area contributed by atoms with Crippen LogP contribution < -0.4 is 4.74 Å². The first-order valence-electron chi connectivity index (χ1n) is 6.77. The molecule has 1 fully saturated rings. The summed E-state index contributed by atoms with van der Waals surface area (Å²) in [5.41, 5.74) is 2.10. The van der Waals surface area contributed by atoms with Gasteiger partial charge in [-0.2, -0.15) is 9.97 Å². The van der Waals surface area contributed by atoms with Gasteiger partial charge in [0.15, 0.2) is 0 Å². The lowest BCUT2D eigenvalue weighted by Crippen LogP contribution is -2.31. The first kappa shape index (κ1) is 12.4. The van der Waals surface area contributed by atoms with Crippen LogP contribution in [0.5, 0.6) is 6.01 Å². The number of aromatic nitrogens is 2. The molecule has 4 nitrogen and oxygen atoms in total. The predicted molar refractivity (Wildman–Crippen MR) is 75.6 cm³/mol. The van der Waals surface area contributed by atoms with Gasteiger partial charge in [0, 0.05) is 17.8 Å². The highest BCUT2D eigenvalue weighted by Gasteiger charge is 2.23. The van der Waals surface area contributed by atoms with Crippen molar-refractivity contribution < 1.29 is 4.74 Å². The third-order valence-corrected chi connectivity index (χ3v) is 3.81. The molecule has 0 aliphatic carbocycles. The first-order chi connectivity index (χ1) is 9.28. The van der Waals surface area contributed by atoms with E-state index in [4.69, 9.17) is 4.74 Å². The molecule has 1 unspecified atom stereocenters.